The van der Waals surface area contributed by atoms with E-state index in [2.05, 4.69) is 0 Å². The van der Waals surface area contributed by atoms with Crippen LogP contribution in [0.5, 0.6) is 5.75 Å². The van der Waals surface area contributed by atoms with Gasteiger partial charge in [-0.25, -0.2) is 12.8 Å². The monoisotopic (exact) mass is 491 g/mol. The number of esters is 1. The molecule has 34 heavy (non-hydrogen) atoms. The van der Waals surface area contributed by atoms with Crippen molar-refractivity contribution in [2.75, 3.05) is 4.31 Å². The molecule has 2 atom stereocenters. The van der Waals surface area contributed by atoms with E-state index in [9.17, 15) is 22.4 Å². The summed E-state index contributed by atoms with van der Waals surface area (Å²) in [5.74, 6) is -0.689. The van der Waals surface area contributed by atoms with Gasteiger partial charge in [0.1, 0.15) is 29.1 Å². The molecular weight excluding hydrogens is 461 g/mol. The zero-order chi connectivity index (χ0) is 25.3. The second-order valence-corrected chi connectivity index (χ2v) is 11.3. The minimum atomic E-state index is -4.10. The Balaban J connectivity index is 2.04. The average Bonchev–Trinajstić information content (AvgIpc) is 2.71. The van der Waals surface area contributed by atoms with Crippen LogP contribution in [0, 0.1) is 5.82 Å². The lowest BCUT2D eigenvalue weighted by molar-refractivity contribution is -0.153. The summed E-state index contributed by atoms with van der Waals surface area (Å²) in [6, 6.07) is 8.84. The number of carbonyl (C=O) groups excluding carboxylic acids is 2. The molecule has 0 aromatic heterocycles. The van der Waals surface area contributed by atoms with E-state index >= 15 is 0 Å². The maximum Gasteiger partial charge on any atom is 0.310 e. The molecule has 184 valence electrons. The van der Waals surface area contributed by atoms with E-state index in [1.165, 1.54) is 23.4 Å². The molecule has 0 saturated heterocycles. The molecule has 0 saturated carbocycles. The summed E-state index contributed by atoms with van der Waals surface area (Å²) in [7, 11) is -4.10. The summed E-state index contributed by atoms with van der Waals surface area (Å²) in [4.78, 5) is 23.8. The third-order valence-corrected chi connectivity index (χ3v) is 7.28. The predicted octanol–water partition coefficient (Wildman–Crippen LogP) is 4.42. The average molecular weight is 492 g/mol. The number of sulfonamides is 1. The smallest absolute Gasteiger partial charge is 0.310 e. The topological polar surface area (TPSA) is 90.0 Å². The molecule has 2 aromatic rings. The van der Waals surface area contributed by atoms with Gasteiger partial charge in [0.05, 0.1) is 23.0 Å². The van der Waals surface area contributed by atoms with Crippen LogP contribution in [0.2, 0.25) is 0 Å². The van der Waals surface area contributed by atoms with Crippen LogP contribution in [0.25, 0.3) is 0 Å². The van der Waals surface area contributed by atoms with Gasteiger partial charge < -0.3 is 14.3 Å². The van der Waals surface area contributed by atoms with Gasteiger partial charge in [-0.1, -0.05) is 6.07 Å². The number of fused-ring (bicyclic) bond motifs is 1. The molecular formula is C25H30FNO6S. The van der Waals surface area contributed by atoms with Crippen LogP contribution in [0.1, 0.15) is 53.0 Å². The van der Waals surface area contributed by atoms with Crippen molar-refractivity contribution in [3.8, 4) is 5.75 Å². The van der Waals surface area contributed by atoms with E-state index in [-0.39, 0.29) is 29.2 Å². The van der Waals surface area contributed by atoms with Gasteiger partial charge in [0, 0.05) is 6.42 Å². The molecule has 0 amide bonds. The van der Waals surface area contributed by atoms with Crippen molar-refractivity contribution in [1.29, 1.82) is 0 Å². The molecule has 0 aliphatic carbocycles. The second-order valence-electron chi connectivity index (χ2n) is 9.46. The highest BCUT2D eigenvalue weighted by Gasteiger charge is 2.40. The number of carbonyl (C=O) groups is 2. The molecule has 0 bridgehead atoms. The predicted molar refractivity (Wildman–Crippen MR) is 126 cm³/mol. The molecule has 0 spiro atoms. The van der Waals surface area contributed by atoms with E-state index in [0.717, 1.165) is 12.1 Å². The zero-order valence-corrected chi connectivity index (χ0v) is 20.8. The van der Waals surface area contributed by atoms with Gasteiger partial charge in [-0.05, 0) is 83.0 Å². The van der Waals surface area contributed by atoms with E-state index in [1.54, 1.807) is 45.9 Å². The Bertz CT molecular complexity index is 1170. The molecule has 7 nitrogen and oxygen atoms in total. The lowest BCUT2D eigenvalue weighted by Gasteiger charge is -2.41. The Morgan fingerprint density at radius 1 is 1.12 bits per heavy atom. The van der Waals surface area contributed by atoms with E-state index in [1.807, 2.05) is 0 Å². The molecule has 0 fully saturated rings. The van der Waals surface area contributed by atoms with Gasteiger partial charge in [-0.2, -0.15) is 0 Å². The normalized spacial score (nSPS) is 18.1. The van der Waals surface area contributed by atoms with Gasteiger partial charge in [0.15, 0.2) is 0 Å². The molecule has 1 aliphatic rings. The van der Waals surface area contributed by atoms with Gasteiger partial charge in [0.25, 0.3) is 10.0 Å². The number of hydrogen-bond acceptors (Lipinski definition) is 6. The molecule has 0 N–H and O–H groups in total. The Labute approximate surface area is 199 Å². The lowest BCUT2D eigenvalue weighted by Crippen LogP contribution is -2.50. The second kappa shape index (κ2) is 9.74. The minimum absolute atomic E-state index is 0.0257. The Kier molecular flexibility index (Phi) is 7.35. The third kappa shape index (κ3) is 5.94. The summed E-state index contributed by atoms with van der Waals surface area (Å²) < 4.78 is 53.5. The fourth-order valence-electron chi connectivity index (χ4n) is 3.84. The fourth-order valence-corrected chi connectivity index (χ4v) is 5.52. The molecule has 9 heteroatoms. The highest BCUT2D eigenvalue weighted by Crippen LogP contribution is 2.41. The number of ether oxygens (including phenoxy) is 2. The van der Waals surface area contributed by atoms with Crippen molar-refractivity contribution in [3.63, 3.8) is 0 Å². The first kappa shape index (κ1) is 25.7. The van der Waals surface area contributed by atoms with Crippen molar-refractivity contribution in [1.82, 2.24) is 0 Å². The first-order chi connectivity index (χ1) is 15.8. The Morgan fingerprint density at radius 2 is 1.76 bits per heavy atom. The maximum absolute atomic E-state index is 13.7. The number of hydrogen-bond donors (Lipinski definition) is 0. The van der Waals surface area contributed by atoms with Crippen LogP contribution in [0.4, 0.5) is 10.1 Å². The number of ketones is 1. The molecule has 1 aliphatic heterocycles. The number of Topliss-reactive ketones (excluding diaryl/α,β-unsaturated/α-hetero) is 1. The number of rotatable bonds is 7. The standard InChI is InChI=1S/C25H30FNO6S/c1-16(28)6-12-22-17(2)27(34(30,31)20-10-8-19(26)9-11-20)21-14-18(7-13-23(21)32-22)15-24(29)33-25(3,4)5/h7-11,13-14,17,22H,6,12,15H2,1-5H3/t17-,22+/m0/s1. The first-order valence-electron chi connectivity index (χ1n) is 11.1. The van der Waals surface area contributed by atoms with Crippen LogP contribution in [0.15, 0.2) is 47.4 Å². The van der Waals surface area contributed by atoms with Gasteiger partial charge in [-0.3, -0.25) is 9.10 Å². The molecule has 2 aromatic carbocycles. The number of benzene rings is 2. The molecule has 3 rings (SSSR count). The molecule has 0 radical (unpaired) electrons. The number of halogens is 1. The SMILES string of the molecule is CC(=O)CC[C@H]1Oc2ccc(CC(=O)OC(C)(C)C)cc2N(S(=O)(=O)c2ccc(F)cc2)[C@H]1C. The quantitative estimate of drug-likeness (QED) is 0.533. The van der Waals surface area contributed by atoms with Crippen LogP contribution in [0.3, 0.4) is 0 Å². The maximum atomic E-state index is 13.7. The Hall–Kier alpha value is -2.94. The van der Waals surface area contributed by atoms with Crippen molar-refractivity contribution < 1.29 is 31.9 Å². The van der Waals surface area contributed by atoms with Gasteiger partial charge >= 0.3 is 5.97 Å². The van der Waals surface area contributed by atoms with Crippen molar-refractivity contribution in [2.45, 2.75) is 76.5 Å². The highest BCUT2D eigenvalue weighted by atomic mass is 32.2. The summed E-state index contributed by atoms with van der Waals surface area (Å²) in [6.45, 7) is 8.48. The van der Waals surface area contributed by atoms with Gasteiger partial charge in [-0.15, -0.1) is 0 Å². The van der Waals surface area contributed by atoms with Crippen LogP contribution in [-0.4, -0.2) is 37.9 Å². The highest BCUT2D eigenvalue weighted by molar-refractivity contribution is 7.92. The minimum Gasteiger partial charge on any atom is -0.486 e. The fraction of sp³-hybridized carbons (Fsp3) is 0.440. The van der Waals surface area contributed by atoms with Crippen LogP contribution >= 0.6 is 0 Å². The molecule has 1 heterocycles. The molecule has 0 unspecified atom stereocenters. The van der Waals surface area contributed by atoms with E-state index in [4.69, 9.17) is 9.47 Å². The summed E-state index contributed by atoms with van der Waals surface area (Å²) in [6.07, 6.45) is -0.0310. The lowest BCUT2D eigenvalue weighted by atomic mass is 10.0. The van der Waals surface area contributed by atoms with Crippen LogP contribution < -0.4 is 9.04 Å². The summed E-state index contributed by atoms with van der Waals surface area (Å²) in [5.41, 5.74) is 0.187. The van der Waals surface area contributed by atoms with Crippen LogP contribution in [-0.2, 0) is 30.8 Å². The number of nitrogens with zero attached hydrogens (tertiary/aromatic N) is 1. The third-order valence-electron chi connectivity index (χ3n) is 5.37. The largest absolute Gasteiger partial charge is 0.486 e. The van der Waals surface area contributed by atoms with Gasteiger partial charge in [0.2, 0.25) is 0 Å². The van der Waals surface area contributed by atoms with Crippen molar-refractivity contribution >= 4 is 27.5 Å². The van der Waals surface area contributed by atoms with Crippen molar-refractivity contribution in [2.24, 2.45) is 0 Å². The number of anilines is 1. The summed E-state index contributed by atoms with van der Waals surface area (Å²) >= 11 is 0. The first-order valence-corrected chi connectivity index (χ1v) is 12.5. The van der Waals surface area contributed by atoms with Crippen molar-refractivity contribution in [3.05, 3.63) is 53.8 Å². The summed E-state index contributed by atoms with van der Waals surface area (Å²) in [5, 5.41) is 0. The Morgan fingerprint density at radius 3 is 2.35 bits per heavy atom. The zero-order valence-electron chi connectivity index (χ0n) is 20.0. The van der Waals surface area contributed by atoms with E-state index < -0.39 is 39.6 Å². The van der Waals surface area contributed by atoms with E-state index in [0.29, 0.717) is 17.7 Å².